The number of aromatic nitrogens is 1. The van der Waals surface area contributed by atoms with Crippen molar-refractivity contribution in [3.63, 3.8) is 0 Å². The van der Waals surface area contributed by atoms with Crippen LogP contribution in [0.5, 0.6) is 0 Å². The second-order valence-electron chi connectivity index (χ2n) is 4.92. The number of hydrogen-bond donors (Lipinski definition) is 0. The molecule has 1 aliphatic rings. The van der Waals surface area contributed by atoms with Crippen LogP contribution in [0.3, 0.4) is 0 Å². The van der Waals surface area contributed by atoms with Crippen molar-refractivity contribution in [3.05, 3.63) is 63.9 Å². The van der Waals surface area contributed by atoms with Gasteiger partial charge in [0.05, 0.1) is 12.2 Å². The summed E-state index contributed by atoms with van der Waals surface area (Å²) in [5, 5.41) is 0.755. The maximum absolute atomic E-state index is 12.0. The highest BCUT2D eigenvalue weighted by Gasteiger charge is 2.28. The largest absolute Gasteiger partial charge is 0.459 e. The van der Waals surface area contributed by atoms with Crippen molar-refractivity contribution in [2.24, 2.45) is 0 Å². The number of pyridine rings is 1. The molecule has 0 aliphatic carbocycles. The molecule has 1 aliphatic heterocycles. The Morgan fingerprint density at radius 1 is 1.26 bits per heavy atom. The lowest BCUT2D eigenvalue weighted by molar-refractivity contribution is -0.0696. The third-order valence-electron chi connectivity index (χ3n) is 3.27. The van der Waals surface area contributed by atoms with Gasteiger partial charge < -0.3 is 14.2 Å². The average Bonchev–Trinajstić information content (AvgIpc) is 3.03. The molecule has 3 rings (SSSR count). The van der Waals surface area contributed by atoms with E-state index in [1.165, 1.54) is 6.20 Å². The molecular formula is C16H13Cl2NO4. The standard InChI is InChI=1S/C16H13Cl2NO4/c17-11-5-3-10(4-6-11)16-22-9-12(23-16)8-21-15(20)13-2-1-7-19-14(13)18/h1-7,12,16H,8-9H2/t12-,16-/m0/s1. The number of rotatable bonds is 4. The molecule has 1 aromatic carbocycles. The van der Waals surface area contributed by atoms with Crippen molar-refractivity contribution in [1.29, 1.82) is 0 Å². The summed E-state index contributed by atoms with van der Waals surface area (Å²) in [6.45, 7) is 0.412. The predicted octanol–water partition coefficient (Wildman–Crippen LogP) is 3.66. The summed E-state index contributed by atoms with van der Waals surface area (Å²) in [5.41, 5.74) is 1.08. The molecule has 0 radical (unpaired) electrons. The quantitative estimate of drug-likeness (QED) is 0.620. The molecule has 0 N–H and O–H groups in total. The SMILES string of the molecule is O=C(OC[C@H]1CO[C@H](c2ccc(Cl)cc2)O1)c1cccnc1Cl. The summed E-state index contributed by atoms with van der Waals surface area (Å²) in [6.07, 6.45) is 0.678. The highest BCUT2D eigenvalue weighted by molar-refractivity contribution is 6.32. The molecule has 1 saturated heterocycles. The Balaban J connectivity index is 1.53. The Morgan fingerprint density at radius 3 is 2.78 bits per heavy atom. The van der Waals surface area contributed by atoms with Gasteiger partial charge in [0.1, 0.15) is 17.9 Å². The van der Waals surface area contributed by atoms with Gasteiger partial charge in [-0.1, -0.05) is 35.3 Å². The van der Waals surface area contributed by atoms with E-state index >= 15 is 0 Å². The van der Waals surface area contributed by atoms with Crippen LogP contribution in [0, 0.1) is 0 Å². The van der Waals surface area contributed by atoms with Crippen LogP contribution in [0.15, 0.2) is 42.6 Å². The molecule has 5 nitrogen and oxygen atoms in total. The molecule has 0 unspecified atom stereocenters. The van der Waals surface area contributed by atoms with Crippen LogP contribution in [0.4, 0.5) is 0 Å². The molecule has 2 aromatic rings. The summed E-state index contributed by atoms with van der Waals surface area (Å²) in [5.74, 6) is -0.540. The highest BCUT2D eigenvalue weighted by atomic mass is 35.5. The first kappa shape index (κ1) is 16.2. The van der Waals surface area contributed by atoms with Gasteiger partial charge in [0.25, 0.3) is 0 Å². The maximum atomic E-state index is 12.0. The van der Waals surface area contributed by atoms with Gasteiger partial charge in [-0.15, -0.1) is 0 Å². The lowest BCUT2D eigenvalue weighted by Gasteiger charge is -2.12. The van der Waals surface area contributed by atoms with Crippen LogP contribution in [0.1, 0.15) is 22.2 Å². The molecule has 0 amide bonds. The fourth-order valence-corrected chi connectivity index (χ4v) is 2.44. The highest BCUT2D eigenvalue weighted by Crippen LogP contribution is 2.28. The van der Waals surface area contributed by atoms with Crippen LogP contribution in [0.25, 0.3) is 0 Å². The summed E-state index contributed by atoms with van der Waals surface area (Å²) in [4.78, 5) is 15.8. The third kappa shape index (κ3) is 4.00. The van der Waals surface area contributed by atoms with Crippen LogP contribution in [-0.4, -0.2) is 30.3 Å². The predicted molar refractivity (Wildman–Crippen MR) is 84.5 cm³/mol. The van der Waals surface area contributed by atoms with E-state index in [1.807, 2.05) is 12.1 Å². The van der Waals surface area contributed by atoms with Gasteiger partial charge in [0.15, 0.2) is 6.29 Å². The molecule has 0 spiro atoms. The van der Waals surface area contributed by atoms with Gasteiger partial charge in [-0.25, -0.2) is 9.78 Å². The van der Waals surface area contributed by atoms with Crippen molar-refractivity contribution in [1.82, 2.24) is 4.98 Å². The molecule has 1 fully saturated rings. The summed E-state index contributed by atoms with van der Waals surface area (Å²) < 4.78 is 16.5. The van der Waals surface area contributed by atoms with Crippen molar-refractivity contribution >= 4 is 29.2 Å². The van der Waals surface area contributed by atoms with E-state index in [0.29, 0.717) is 11.6 Å². The molecule has 0 bridgehead atoms. The van der Waals surface area contributed by atoms with Gasteiger partial charge in [-0.05, 0) is 24.3 Å². The van der Waals surface area contributed by atoms with Gasteiger partial charge in [-0.3, -0.25) is 0 Å². The monoisotopic (exact) mass is 353 g/mol. The number of ether oxygens (including phenoxy) is 3. The number of benzene rings is 1. The van der Waals surface area contributed by atoms with E-state index in [9.17, 15) is 4.79 Å². The van der Waals surface area contributed by atoms with E-state index in [0.717, 1.165) is 5.56 Å². The topological polar surface area (TPSA) is 57.7 Å². The maximum Gasteiger partial charge on any atom is 0.341 e. The molecule has 120 valence electrons. The molecule has 2 heterocycles. The van der Waals surface area contributed by atoms with Crippen LogP contribution < -0.4 is 0 Å². The van der Waals surface area contributed by atoms with Crippen molar-refractivity contribution in [2.45, 2.75) is 12.4 Å². The molecular weight excluding hydrogens is 341 g/mol. The summed E-state index contributed by atoms with van der Waals surface area (Å²) in [7, 11) is 0. The second kappa shape index (κ2) is 7.27. The Kier molecular flexibility index (Phi) is 5.13. The average molecular weight is 354 g/mol. The molecule has 1 aromatic heterocycles. The molecule has 7 heteroatoms. The zero-order valence-corrected chi connectivity index (χ0v) is 13.5. The lowest BCUT2D eigenvalue weighted by atomic mass is 10.2. The molecule has 0 saturated carbocycles. The van der Waals surface area contributed by atoms with E-state index in [4.69, 9.17) is 37.4 Å². The lowest BCUT2D eigenvalue weighted by Crippen LogP contribution is -2.21. The van der Waals surface area contributed by atoms with Gasteiger partial charge in [0.2, 0.25) is 0 Å². The summed E-state index contributed by atoms with van der Waals surface area (Å²) >= 11 is 11.7. The number of carbonyl (C=O) groups excluding carboxylic acids is 1. The first-order valence-corrected chi connectivity index (χ1v) is 7.69. The smallest absolute Gasteiger partial charge is 0.341 e. The number of carbonyl (C=O) groups is 1. The second-order valence-corrected chi connectivity index (χ2v) is 5.71. The van der Waals surface area contributed by atoms with Crippen molar-refractivity contribution in [3.8, 4) is 0 Å². The molecule has 23 heavy (non-hydrogen) atoms. The number of nitrogens with zero attached hydrogens (tertiary/aromatic N) is 1. The fraction of sp³-hybridized carbons (Fsp3) is 0.250. The van der Waals surface area contributed by atoms with Crippen LogP contribution >= 0.6 is 23.2 Å². The van der Waals surface area contributed by atoms with E-state index in [-0.39, 0.29) is 23.4 Å². The van der Waals surface area contributed by atoms with Crippen LogP contribution in [-0.2, 0) is 14.2 Å². The normalized spacial score (nSPS) is 20.4. The number of hydrogen-bond acceptors (Lipinski definition) is 5. The van der Waals surface area contributed by atoms with Crippen molar-refractivity contribution < 1.29 is 19.0 Å². The Bertz CT molecular complexity index is 693. The first-order valence-electron chi connectivity index (χ1n) is 6.93. The Hall–Kier alpha value is -1.66. The van der Waals surface area contributed by atoms with Gasteiger partial charge in [0, 0.05) is 16.8 Å². The first-order chi connectivity index (χ1) is 11.1. The zero-order chi connectivity index (χ0) is 16.2. The zero-order valence-electron chi connectivity index (χ0n) is 11.9. The van der Waals surface area contributed by atoms with Gasteiger partial charge in [-0.2, -0.15) is 0 Å². The summed E-state index contributed by atoms with van der Waals surface area (Å²) in [6, 6.07) is 10.4. The van der Waals surface area contributed by atoms with Gasteiger partial charge >= 0.3 is 5.97 Å². The number of esters is 1. The number of halogens is 2. The minimum absolute atomic E-state index is 0.0775. The minimum Gasteiger partial charge on any atom is -0.459 e. The van der Waals surface area contributed by atoms with E-state index in [2.05, 4.69) is 4.98 Å². The minimum atomic E-state index is -0.540. The van der Waals surface area contributed by atoms with Crippen molar-refractivity contribution in [2.75, 3.05) is 13.2 Å². The molecule has 2 atom stereocenters. The fourth-order valence-electron chi connectivity index (χ4n) is 2.11. The Labute approximate surface area is 143 Å². The van der Waals surface area contributed by atoms with E-state index in [1.54, 1.807) is 24.3 Å². The van der Waals surface area contributed by atoms with E-state index < -0.39 is 12.3 Å². The van der Waals surface area contributed by atoms with Crippen LogP contribution in [0.2, 0.25) is 10.2 Å². The Morgan fingerprint density at radius 2 is 2.04 bits per heavy atom. The third-order valence-corrected chi connectivity index (χ3v) is 3.82.